The molecule has 0 spiro atoms. The molecule has 0 N–H and O–H groups in total. The largest absolute Gasteiger partial charge is 0.468 e. The van der Waals surface area contributed by atoms with Gasteiger partial charge in [0.1, 0.15) is 5.92 Å². The van der Waals surface area contributed by atoms with Gasteiger partial charge >= 0.3 is 11.9 Å². The van der Waals surface area contributed by atoms with Crippen LogP contribution in [0, 0.1) is 5.92 Å². The monoisotopic (exact) mass is 276 g/mol. The molecule has 6 nitrogen and oxygen atoms in total. The van der Waals surface area contributed by atoms with Gasteiger partial charge in [-0.05, 0) is 19.1 Å². The summed E-state index contributed by atoms with van der Waals surface area (Å²) in [4.78, 5) is 23.6. The predicted octanol–water partition coefficient (Wildman–Crippen LogP) is 1.21. The lowest BCUT2D eigenvalue weighted by atomic mass is 10.0. The molecule has 2 rings (SSSR count). The van der Waals surface area contributed by atoms with Gasteiger partial charge in [0.25, 0.3) is 0 Å². The average Bonchev–Trinajstić information content (AvgIpc) is 2.93. The smallest absolute Gasteiger partial charge is 0.355 e. The third-order valence-corrected chi connectivity index (χ3v) is 2.94. The molecule has 0 unspecified atom stereocenters. The molecule has 1 aliphatic heterocycles. The number of esters is 2. The first kappa shape index (κ1) is 14.0. The molecule has 1 aliphatic rings. The fourth-order valence-electron chi connectivity index (χ4n) is 1.98. The van der Waals surface area contributed by atoms with Crippen LogP contribution >= 0.6 is 0 Å². The highest BCUT2D eigenvalue weighted by Gasteiger charge is 2.38. The van der Waals surface area contributed by atoms with Crippen LogP contribution in [0.5, 0.6) is 0 Å². The second-order valence-electron chi connectivity index (χ2n) is 4.20. The number of hydrogen-bond acceptors (Lipinski definition) is 6. The van der Waals surface area contributed by atoms with Gasteiger partial charge in [-0.25, -0.2) is 4.79 Å². The number of rotatable bonds is 4. The zero-order valence-electron chi connectivity index (χ0n) is 11.4. The van der Waals surface area contributed by atoms with Crippen molar-refractivity contribution in [2.45, 2.75) is 6.92 Å². The van der Waals surface area contributed by atoms with Crippen LogP contribution in [0.4, 0.5) is 5.69 Å². The van der Waals surface area contributed by atoms with Crippen molar-refractivity contribution in [3.8, 4) is 0 Å². The highest BCUT2D eigenvalue weighted by atomic mass is 16.5. The number of carbonyl (C=O) groups excluding carboxylic acids is 2. The number of ether oxygens (including phenoxy) is 2. The van der Waals surface area contributed by atoms with Crippen LogP contribution in [-0.4, -0.2) is 37.9 Å². The van der Waals surface area contributed by atoms with Crippen molar-refractivity contribution in [1.29, 1.82) is 0 Å². The Balaban J connectivity index is 2.27. The number of benzene rings is 1. The van der Waals surface area contributed by atoms with E-state index < -0.39 is 17.9 Å². The Bertz CT molecular complexity index is 527. The van der Waals surface area contributed by atoms with Gasteiger partial charge in [-0.2, -0.15) is 5.10 Å². The predicted molar refractivity (Wildman–Crippen MR) is 73.4 cm³/mol. The van der Waals surface area contributed by atoms with E-state index in [1.807, 2.05) is 30.3 Å². The first-order valence-electron chi connectivity index (χ1n) is 6.33. The molecule has 0 amide bonds. The maximum Gasteiger partial charge on any atom is 0.355 e. The van der Waals surface area contributed by atoms with Gasteiger partial charge in [-0.1, -0.05) is 18.2 Å². The molecule has 1 heterocycles. The number of para-hydroxylation sites is 1. The molecule has 1 aromatic carbocycles. The van der Waals surface area contributed by atoms with E-state index in [9.17, 15) is 9.59 Å². The van der Waals surface area contributed by atoms with Crippen molar-refractivity contribution >= 4 is 23.3 Å². The summed E-state index contributed by atoms with van der Waals surface area (Å²) in [6.07, 6.45) is 0. The number of carbonyl (C=O) groups is 2. The van der Waals surface area contributed by atoms with Gasteiger partial charge in [0.15, 0.2) is 5.71 Å². The minimum Gasteiger partial charge on any atom is -0.468 e. The van der Waals surface area contributed by atoms with Crippen LogP contribution in [0.3, 0.4) is 0 Å². The van der Waals surface area contributed by atoms with Crippen molar-refractivity contribution in [2.24, 2.45) is 11.0 Å². The molecule has 0 aliphatic carbocycles. The second-order valence-corrected chi connectivity index (χ2v) is 4.20. The maximum atomic E-state index is 11.9. The zero-order valence-corrected chi connectivity index (χ0v) is 11.4. The average molecular weight is 276 g/mol. The molecule has 0 radical (unpaired) electrons. The summed E-state index contributed by atoms with van der Waals surface area (Å²) in [5, 5.41) is 5.81. The summed E-state index contributed by atoms with van der Waals surface area (Å²) in [5.74, 6) is -1.80. The fourth-order valence-corrected chi connectivity index (χ4v) is 1.98. The first-order valence-corrected chi connectivity index (χ1v) is 6.33. The summed E-state index contributed by atoms with van der Waals surface area (Å²) in [6, 6.07) is 9.31. The van der Waals surface area contributed by atoms with Gasteiger partial charge in [0, 0.05) is 0 Å². The van der Waals surface area contributed by atoms with Crippen LogP contribution in [0.25, 0.3) is 0 Å². The normalized spacial score (nSPS) is 17.6. The Hall–Kier alpha value is -2.37. The molecule has 106 valence electrons. The number of hydrogen-bond donors (Lipinski definition) is 0. The van der Waals surface area contributed by atoms with Gasteiger partial charge < -0.3 is 9.47 Å². The Kier molecular flexibility index (Phi) is 4.34. The molecule has 0 bridgehead atoms. The van der Waals surface area contributed by atoms with E-state index in [4.69, 9.17) is 9.47 Å². The Morgan fingerprint density at radius 3 is 2.65 bits per heavy atom. The zero-order chi connectivity index (χ0) is 14.5. The maximum absolute atomic E-state index is 11.9. The Morgan fingerprint density at radius 2 is 2.05 bits per heavy atom. The molecule has 0 fully saturated rings. The van der Waals surface area contributed by atoms with E-state index in [-0.39, 0.29) is 18.9 Å². The van der Waals surface area contributed by atoms with Crippen molar-refractivity contribution in [2.75, 3.05) is 25.3 Å². The molecule has 20 heavy (non-hydrogen) atoms. The minimum absolute atomic E-state index is 0.0857. The minimum atomic E-state index is -0.723. The molecular formula is C14H16N2O4. The Labute approximate surface area is 117 Å². The van der Waals surface area contributed by atoms with E-state index in [1.165, 1.54) is 7.11 Å². The van der Waals surface area contributed by atoms with E-state index in [0.29, 0.717) is 0 Å². The van der Waals surface area contributed by atoms with Crippen LogP contribution in [0.1, 0.15) is 6.92 Å². The summed E-state index contributed by atoms with van der Waals surface area (Å²) < 4.78 is 9.65. The van der Waals surface area contributed by atoms with Crippen molar-refractivity contribution in [1.82, 2.24) is 0 Å². The van der Waals surface area contributed by atoms with Gasteiger partial charge in [-0.3, -0.25) is 9.80 Å². The third kappa shape index (κ3) is 2.79. The number of anilines is 1. The lowest BCUT2D eigenvalue weighted by Crippen LogP contribution is -2.32. The van der Waals surface area contributed by atoms with E-state index in [0.717, 1.165) is 5.69 Å². The third-order valence-electron chi connectivity index (χ3n) is 2.94. The summed E-state index contributed by atoms with van der Waals surface area (Å²) in [7, 11) is 1.29. The van der Waals surface area contributed by atoms with E-state index in [2.05, 4.69) is 5.10 Å². The molecule has 0 saturated heterocycles. The topological polar surface area (TPSA) is 68.2 Å². The Morgan fingerprint density at radius 1 is 1.35 bits per heavy atom. The molecule has 0 saturated carbocycles. The SMILES string of the molecule is CCOC(=O)C1=NN(c2ccccc2)C[C@H]1C(=O)OC. The van der Waals surface area contributed by atoms with Crippen molar-refractivity contribution < 1.29 is 19.1 Å². The van der Waals surface area contributed by atoms with E-state index in [1.54, 1.807) is 11.9 Å². The summed E-state index contributed by atoms with van der Waals surface area (Å²) >= 11 is 0. The standard InChI is InChI=1S/C14H16N2O4/c1-3-20-14(18)12-11(13(17)19-2)9-16(15-12)10-7-5-4-6-8-10/h4-8,11H,3,9H2,1-2H3/t11-/m1/s1. The van der Waals surface area contributed by atoms with Crippen molar-refractivity contribution in [3.63, 3.8) is 0 Å². The highest BCUT2D eigenvalue weighted by molar-refractivity contribution is 6.41. The van der Waals surface area contributed by atoms with Gasteiger partial charge in [0.05, 0.1) is 25.9 Å². The fraction of sp³-hybridized carbons (Fsp3) is 0.357. The van der Waals surface area contributed by atoms with Crippen LogP contribution in [-0.2, 0) is 19.1 Å². The lowest BCUT2D eigenvalue weighted by molar-refractivity contribution is -0.144. The number of methoxy groups -OCH3 is 1. The summed E-state index contributed by atoms with van der Waals surface area (Å²) in [5.41, 5.74) is 0.892. The lowest BCUT2D eigenvalue weighted by Gasteiger charge is -2.14. The molecule has 1 aromatic rings. The molecule has 0 aromatic heterocycles. The van der Waals surface area contributed by atoms with Crippen LogP contribution in [0.2, 0.25) is 0 Å². The number of nitrogens with zero attached hydrogens (tertiary/aromatic N) is 2. The van der Waals surface area contributed by atoms with Gasteiger partial charge in [-0.15, -0.1) is 0 Å². The van der Waals surface area contributed by atoms with E-state index >= 15 is 0 Å². The van der Waals surface area contributed by atoms with Crippen molar-refractivity contribution in [3.05, 3.63) is 30.3 Å². The van der Waals surface area contributed by atoms with Crippen LogP contribution < -0.4 is 5.01 Å². The molecule has 1 atom stereocenters. The number of hydrazone groups is 1. The quantitative estimate of drug-likeness (QED) is 0.773. The first-order chi connectivity index (χ1) is 9.67. The molecule has 6 heteroatoms. The van der Waals surface area contributed by atoms with Crippen LogP contribution in [0.15, 0.2) is 35.4 Å². The highest BCUT2D eigenvalue weighted by Crippen LogP contribution is 2.23. The second kappa shape index (κ2) is 6.18. The molecular weight excluding hydrogens is 260 g/mol. The summed E-state index contributed by atoms with van der Waals surface area (Å²) in [6.45, 7) is 2.21. The van der Waals surface area contributed by atoms with Gasteiger partial charge in [0.2, 0.25) is 0 Å².